The monoisotopic (exact) mass is 215 g/mol. The lowest BCUT2D eigenvalue weighted by atomic mass is 10.2. The van der Waals surface area contributed by atoms with Crippen LogP contribution in [0.15, 0.2) is 0 Å². The zero-order chi connectivity index (χ0) is 11.5. The molecule has 1 heterocycles. The van der Waals surface area contributed by atoms with Crippen LogP contribution in [0.25, 0.3) is 0 Å². The van der Waals surface area contributed by atoms with Crippen molar-refractivity contribution in [2.24, 2.45) is 0 Å². The lowest BCUT2D eigenvalue weighted by Crippen LogP contribution is -2.48. The van der Waals surface area contributed by atoms with Crippen LogP contribution >= 0.6 is 0 Å². The Morgan fingerprint density at radius 2 is 2.33 bits per heavy atom. The first kappa shape index (κ1) is 12.0. The highest BCUT2D eigenvalue weighted by molar-refractivity contribution is 5.70. The third-order valence-corrected chi connectivity index (χ3v) is 2.41. The molecule has 0 saturated carbocycles. The third-order valence-electron chi connectivity index (χ3n) is 2.41. The number of ether oxygens (including phenoxy) is 2. The molecule has 1 saturated heterocycles. The molecule has 0 aromatic carbocycles. The summed E-state index contributed by atoms with van der Waals surface area (Å²) in [7, 11) is 0. The van der Waals surface area contributed by atoms with Gasteiger partial charge in [0.2, 0.25) is 0 Å². The fourth-order valence-corrected chi connectivity index (χ4v) is 1.73. The van der Waals surface area contributed by atoms with Crippen LogP contribution in [0.4, 0.5) is 4.79 Å². The van der Waals surface area contributed by atoms with Crippen molar-refractivity contribution < 1.29 is 19.1 Å². The molecule has 1 rings (SSSR count). The molecule has 0 N–H and O–H groups in total. The Hall–Kier alpha value is -1.10. The molecule has 1 aliphatic rings. The van der Waals surface area contributed by atoms with E-state index in [2.05, 4.69) is 0 Å². The molecule has 0 bridgehead atoms. The van der Waals surface area contributed by atoms with Crippen LogP contribution in [0.5, 0.6) is 0 Å². The zero-order valence-corrected chi connectivity index (χ0v) is 9.36. The summed E-state index contributed by atoms with van der Waals surface area (Å²) in [6, 6.07) is -0.212. The number of hydrogen-bond acceptors (Lipinski definition) is 4. The number of aldehydes is 1. The second-order valence-electron chi connectivity index (χ2n) is 3.88. The molecule has 5 nitrogen and oxygen atoms in total. The Morgan fingerprint density at radius 1 is 1.67 bits per heavy atom. The van der Waals surface area contributed by atoms with E-state index in [9.17, 15) is 9.59 Å². The molecule has 1 fully saturated rings. The van der Waals surface area contributed by atoms with E-state index < -0.39 is 11.8 Å². The van der Waals surface area contributed by atoms with E-state index in [0.29, 0.717) is 13.2 Å². The molecular formula is C10H17NO4. The van der Waals surface area contributed by atoms with Crippen molar-refractivity contribution in [3.8, 4) is 0 Å². The standard InChI is InChI=1S/C10H17NO4/c1-4-14-9(13)11-8(5-6-12)7-15-10(11,2)3/h6,8H,4-5,7H2,1-3H3/t8-/m0/s1. The SMILES string of the molecule is CCOC(=O)N1[C@@H](CC=O)COC1(C)C. The van der Waals surface area contributed by atoms with Gasteiger partial charge in [0, 0.05) is 6.42 Å². The molecule has 5 heteroatoms. The molecule has 0 radical (unpaired) electrons. The van der Waals surface area contributed by atoms with Crippen LogP contribution in [0.1, 0.15) is 27.2 Å². The number of carbonyl (C=O) groups excluding carboxylic acids is 2. The summed E-state index contributed by atoms with van der Waals surface area (Å²) in [5.74, 6) is 0. The Labute approximate surface area is 89.3 Å². The van der Waals surface area contributed by atoms with E-state index in [1.165, 1.54) is 4.90 Å². The van der Waals surface area contributed by atoms with Gasteiger partial charge in [0.05, 0.1) is 19.3 Å². The quantitative estimate of drug-likeness (QED) is 0.663. The minimum atomic E-state index is -0.695. The van der Waals surface area contributed by atoms with Crippen molar-refractivity contribution in [3.05, 3.63) is 0 Å². The number of nitrogens with zero attached hydrogens (tertiary/aromatic N) is 1. The molecule has 0 spiro atoms. The van der Waals surface area contributed by atoms with Gasteiger partial charge in [-0.3, -0.25) is 4.90 Å². The van der Waals surface area contributed by atoms with Crippen molar-refractivity contribution in [2.45, 2.75) is 39.0 Å². The Morgan fingerprint density at radius 3 is 2.87 bits per heavy atom. The van der Waals surface area contributed by atoms with Gasteiger partial charge in [0.1, 0.15) is 12.0 Å². The van der Waals surface area contributed by atoms with Crippen LogP contribution < -0.4 is 0 Å². The zero-order valence-electron chi connectivity index (χ0n) is 9.36. The summed E-state index contributed by atoms with van der Waals surface area (Å²) in [4.78, 5) is 23.6. The molecular weight excluding hydrogens is 198 g/mol. The highest BCUT2D eigenvalue weighted by Gasteiger charge is 2.44. The molecule has 0 aromatic rings. The average molecular weight is 215 g/mol. The maximum Gasteiger partial charge on any atom is 0.412 e. The molecule has 1 aliphatic heterocycles. The van der Waals surface area contributed by atoms with Gasteiger partial charge in [-0.05, 0) is 20.8 Å². The maximum absolute atomic E-state index is 11.7. The van der Waals surface area contributed by atoms with Crippen LogP contribution in [-0.4, -0.2) is 42.3 Å². The Bertz CT molecular complexity index is 252. The highest BCUT2D eigenvalue weighted by Crippen LogP contribution is 2.29. The summed E-state index contributed by atoms with van der Waals surface area (Å²) in [6.45, 7) is 6.02. The van der Waals surface area contributed by atoms with Crippen molar-refractivity contribution in [3.63, 3.8) is 0 Å². The van der Waals surface area contributed by atoms with Crippen LogP contribution in [0, 0.1) is 0 Å². The van der Waals surface area contributed by atoms with Gasteiger partial charge in [-0.1, -0.05) is 0 Å². The van der Waals surface area contributed by atoms with Gasteiger partial charge in [-0.25, -0.2) is 4.79 Å². The maximum atomic E-state index is 11.7. The number of rotatable bonds is 3. The normalized spacial score (nSPS) is 23.9. The fourth-order valence-electron chi connectivity index (χ4n) is 1.73. The van der Waals surface area contributed by atoms with Gasteiger partial charge in [0.15, 0.2) is 0 Å². The molecule has 1 atom stereocenters. The van der Waals surface area contributed by atoms with Crippen molar-refractivity contribution in [1.82, 2.24) is 4.90 Å². The van der Waals surface area contributed by atoms with Crippen molar-refractivity contribution in [2.75, 3.05) is 13.2 Å². The van der Waals surface area contributed by atoms with Gasteiger partial charge >= 0.3 is 6.09 Å². The van der Waals surface area contributed by atoms with Gasteiger partial charge in [-0.2, -0.15) is 0 Å². The van der Waals surface area contributed by atoms with Gasteiger partial charge in [-0.15, -0.1) is 0 Å². The molecule has 0 aromatic heterocycles. The summed E-state index contributed by atoms with van der Waals surface area (Å²) < 4.78 is 10.4. The predicted molar refractivity (Wildman–Crippen MR) is 53.4 cm³/mol. The van der Waals surface area contributed by atoms with E-state index in [1.807, 2.05) is 0 Å². The Kier molecular flexibility index (Phi) is 3.68. The molecule has 15 heavy (non-hydrogen) atoms. The van der Waals surface area contributed by atoms with Crippen LogP contribution in [0.2, 0.25) is 0 Å². The topological polar surface area (TPSA) is 55.8 Å². The van der Waals surface area contributed by atoms with E-state index in [0.717, 1.165) is 6.29 Å². The molecule has 86 valence electrons. The second kappa shape index (κ2) is 4.61. The van der Waals surface area contributed by atoms with E-state index in [1.54, 1.807) is 20.8 Å². The van der Waals surface area contributed by atoms with Crippen LogP contribution in [0.3, 0.4) is 0 Å². The lowest BCUT2D eigenvalue weighted by Gasteiger charge is -2.31. The first-order chi connectivity index (χ1) is 7.03. The fraction of sp³-hybridized carbons (Fsp3) is 0.800. The average Bonchev–Trinajstić information content (AvgIpc) is 2.43. The summed E-state index contributed by atoms with van der Waals surface area (Å²) in [5, 5.41) is 0. The van der Waals surface area contributed by atoms with E-state index >= 15 is 0 Å². The van der Waals surface area contributed by atoms with Gasteiger partial charge in [0.25, 0.3) is 0 Å². The largest absolute Gasteiger partial charge is 0.450 e. The molecule has 0 unspecified atom stereocenters. The highest BCUT2D eigenvalue weighted by atomic mass is 16.6. The number of carbonyl (C=O) groups is 2. The Balaban J connectivity index is 2.76. The van der Waals surface area contributed by atoms with Crippen molar-refractivity contribution >= 4 is 12.4 Å². The molecule has 1 amide bonds. The minimum absolute atomic E-state index is 0.212. The minimum Gasteiger partial charge on any atom is -0.450 e. The van der Waals surface area contributed by atoms with E-state index in [4.69, 9.17) is 9.47 Å². The van der Waals surface area contributed by atoms with E-state index in [-0.39, 0.29) is 12.5 Å². The summed E-state index contributed by atoms with van der Waals surface area (Å²) in [5.41, 5.74) is -0.695. The summed E-state index contributed by atoms with van der Waals surface area (Å²) in [6.07, 6.45) is 0.649. The predicted octanol–water partition coefficient (Wildman–Crippen LogP) is 1.17. The first-order valence-corrected chi connectivity index (χ1v) is 5.06. The smallest absolute Gasteiger partial charge is 0.412 e. The third kappa shape index (κ3) is 2.47. The number of amides is 1. The van der Waals surface area contributed by atoms with Crippen LogP contribution in [-0.2, 0) is 14.3 Å². The van der Waals surface area contributed by atoms with Crippen molar-refractivity contribution in [1.29, 1.82) is 0 Å². The second-order valence-corrected chi connectivity index (χ2v) is 3.88. The molecule has 0 aliphatic carbocycles. The number of hydrogen-bond donors (Lipinski definition) is 0. The summed E-state index contributed by atoms with van der Waals surface area (Å²) >= 11 is 0. The first-order valence-electron chi connectivity index (χ1n) is 5.06. The lowest BCUT2D eigenvalue weighted by molar-refractivity contribution is -0.108. The van der Waals surface area contributed by atoms with Gasteiger partial charge < -0.3 is 14.3 Å².